The molecule has 46 heavy (non-hydrogen) atoms. The topological polar surface area (TPSA) is 54.1 Å². The van der Waals surface area contributed by atoms with Gasteiger partial charge in [0.1, 0.15) is 16.0 Å². The molecule has 3 aromatic heterocycles. The maximum Gasteiger partial charge on any atom is 0.155 e. The van der Waals surface area contributed by atoms with Crippen LogP contribution in [-0.2, 0) is 31.3 Å². The zero-order valence-corrected chi connectivity index (χ0v) is 29.5. The number of aliphatic hydroxyl groups excluding tert-OH is 1. The first-order chi connectivity index (χ1) is 21.7. The average Bonchev–Trinajstić information content (AvgIpc) is 3.39. The van der Waals surface area contributed by atoms with Gasteiger partial charge in [0.25, 0.3) is 0 Å². The van der Waals surface area contributed by atoms with Gasteiger partial charge in [0.05, 0.1) is 5.76 Å². The Bertz CT molecular complexity index is 2230. The second kappa shape index (κ2) is 14.0. The molecule has 0 saturated heterocycles. The van der Waals surface area contributed by atoms with Crippen molar-refractivity contribution < 1.29 is 34.6 Å². The van der Waals surface area contributed by atoms with E-state index in [-0.39, 0.29) is 31.6 Å². The molecule has 7 aromatic rings. The van der Waals surface area contributed by atoms with Crippen molar-refractivity contribution in [2.75, 3.05) is 0 Å². The molecule has 0 aliphatic heterocycles. The van der Waals surface area contributed by atoms with Crippen LogP contribution < -0.4 is 4.57 Å². The van der Waals surface area contributed by atoms with Gasteiger partial charge in [-0.15, -0.1) is 17.7 Å². The standard InChI is InChI=1S/C35H27N2S.C5H8O2.Ir/c1-22(2)18-23-19-29-27-14-9-17-36-35(27)38-34(29)30(20-23)32-21-28(24-10-5-4-6-11-24)33-26-13-8-7-12-25(26)15-16-31(33)37(32)3;1-4(6)3-5(2)7;/h4-17,19,21-22H,3,18H2,1-2H3;3,6H,1-2H3;/q-1;;/b;4-3-;. The summed E-state index contributed by atoms with van der Waals surface area (Å²) in [7, 11) is 4.60. The number of ketones is 1. The van der Waals surface area contributed by atoms with Crippen LogP contribution in [0.4, 0.5) is 0 Å². The van der Waals surface area contributed by atoms with E-state index in [1.807, 2.05) is 12.3 Å². The van der Waals surface area contributed by atoms with Gasteiger partial charge in [0.15, 0.2) is 5.78 Å². The fourth-order valence-electron chi connectivity index (χ4n) is 5.97. The molecule has 233 valence electrons. The third-order valence-corrected chi connectivity index (χ3v) is 8.90. The zero-order chi connectivity index (χ0) is 31.7. The molecule has 0 aliphatic carbocycles. The molecule has 0 aliphatic rings. The Morgan fingerprint density at radius 3 is 2.37 bits per heavy atom. The van der Waals surface area contributed by atoms with Crippen molar-refractivity contribution in [2.45, 2.75) is 34.1 Å². The number of thiophene rings is 1. The fraction of sp³-hybridized carbons (Fsp3) is 0.150. The van der Waals surface area contributed by atoms with Crippen LogP contribution in [0.3, 0.4) is 0 Å². The molecule has 4 nitrogen and oxygen atoms in total. The van der Waals surface area contributed by atoms with Gasteiger partial charge in [-0.25, -0.2) is 4.98 Å². The molecule has 0 amide bonds. The van der Waals surface area contributed by atoms with Crippen LogP contribution in [0, 0.1) is 19.0 Å². The number of aliphatic hydroxyl groups is 1. The number of nitrogens with zero attached hydrogens (tertiary/aromatic N) is 2. The van der Waals surface area contributed by atoms with Crippen molar-refractivity contribution in [3.8, 4) is 22.4 Å². The van der Waals surface area contributed by atoms with Gasteiger partial charge in [0, 0.05) is 44.8 Å². The summed E-state index contributed by atoms with van der Waals surface area (Å²) in [5.41, 5.74) is 6.91. The molecule has 0 unspecified atom stereocenters. The molecule has 0 bridgehead atoms. The van der Waals surface area contributed by atoms with Gasteiger partial charge >= 0.3 is 0 Å². The largest absolute Gasteiger partial charge is 0.512 e. The third-order valence-electron chi connectivity index (χ3n) is 7.76. The molecule has 7 rings (SSSR count). The first kappa shape index (κ1) is 33.0. The Hall–Kier alpha value is -4.35. The van der Waals surface area contributed by atoms with Gasteiger partial charge in [-0.3, -0.25) is 4.79 Å². The van der Waals surface area contributed by atoms with E-state index in [0.717, 1.165) is 28.0 Å². The number of aromatic nitrogens is 2. The fourth-order valence-corrected chi connectivity index (χ4v) is 7.10. The van der Waals surface area contributed by atoms with E-state index >= 15 is 0 Å². The quantitative estimate of drug-likeness (QED) is 0.0621. The minimum atomic E-state index is -0.125. The van der Waals surface area contributed by atoms with Crippen LogP contribution in [0.5, 0.6) is 0 Å². The second-order valence-corrected chi connectivity index (χ2v) is 12.8. The summed E-state index contributed by atoms with van der Waals surface area (Å²) in [6.45, 7) is 7.38. The first-order valence-electron chi connectivity index (χ1n) is 15.1. The van der Waals surface area contributed by atoms with E-state index in [0.29, 0.717) is 5.92 Å². The summed E-state index contributed by atoms with van der Waals surface area (Å²) < 4.78 is 3.32. The normalized spacial score (nSPS) is 11.5. The summed E-state index contributed by atoms with van der Waals surface area (Å²) in [5.74, 6) is 0.474. The Kier molecular flexibility index (Phi) is 10.0. The number of allylic oxidation sites excluding steroid dienone is 2. The van der Waals surface area contributed by atoms with Crippen molar-refractivity contribution in [3.63, 3.8) is 0 Å². The summed E-state index contributed by atoms with van der Waals surface area (Å²) in [6, 6.07) is 36.4. The van der Waals surface area contributed by atoms with E-state index in [1.165, 1.54) is 68.2 Å². The van der Waals surface area contributed by atoms with Gasteiger partial charge < -0.3 is 9.67 Å². The van der Waals surface area contributed by atoms with Crippen molar-refractivity contribution in [1.29, 1.82) is 0 Å². The molecule has 1 radical (unpaired) electrons. The van der Waals surface area contributed by atoms with Gasteiger partial charge in [-0.1, -0.05) is 91.5 Å². The molecule has 6 heteroatoms. The van der Waals surface area contributed by atoms with Crippen LogP contribution in [0.25, 0.3) is 64.4 Å². The summed E-state index contributed by atoms with van der Waals surface area (Å²) in [6.07, 6.45) is 4.02. The maximum atomic E-state index is 10.0. The van der Waals surface area contributed by atoms with E-state index < -0.39 is 0 Å². The Morgan fingerprint density at radius 1 is 0.957 bits per heavy atom. The van der Waals surface area contributed by atoms with E-state index in [9.17, 15) is 4.79 Å². The molecule has 4 aromatic carbocycles. The minimum absolute atomic E-state index is 0. The smallest absolute Gasteiger partial charge is 0.155 e. The second-order valence-electron chi connectivity index (χ2n) is 11.8. The monoisotopic (exact) mass is 800 g/mol. The van der Waals surface area contributed by atoms with Crippen LogP contribution in [-0.4, -0.2) is 15.9 Å². The van der Waals surface area contributed by atoms with Crippen molar-refractivity contribution >= 4 is 59.1 Å². The van der Waals surface area contributed by atoms with Gasteiger partial charge in [-0.2, -0.15) is 11.3 Å². The van der Waals surface area contributed by atoms with Gasteiger partial charge in [0.2, 0.25) is 0 Å². The maximum absolute atomic E-state index is 10.0. The molecular weight excluding hydrogens is 765 g/mol. The first-order valence-corrected chi connectivity index (χ1v) is 15.9. The van der Waals surface area contributed by atoms with Crippen LogP contribution in [0.2, 0.25) is 0 Å². The Morgan fingerprint density at radius 2 is 1.67 bits per heavy atom. The van der Waals surface area contributed by atoms with Crippen molar-refractivity contribution in [2.24, 2.45) is 5.92 Å². The third kappa shape index (κ3) is 6.61. The van der Waals surface area contributed by atoms with Crippen molar-refractivity contribution in [3.05, 3.63) is 128 Å². The predicted octanol–water partition coefficient (Wildman–Crippen LogP) is 10.1. The molecule has 0 spiro atoms. The number of fused-ring (bicyclic) bond motifs is 6. The Balaban J connectivity index is 0.000000471. The van der Waals surface area contributed by atoms with Crippen LogP contribution >= 0.6 is 11.3 Å². The van der Waals surface area contributed by atoms with E-state index in [4.69, 9.17) is 10.1 Å². The molecule has 0 atom stereocenters. The molecule has 1 N–H and O–H groups in total. The number of carbonyl (C=O) groups is 1. The number of benzene rings is 4. The van der Waals surface area contributed by atoms with Crippen LogP contribution in [0.15, 0.2) is 109 Å². The van der Waals surface area contributed by atoms with E-state index in [2.05, 4.69) is 116 Å². The summed E-state index contributed by atoms with van der Waals surface area (Å²) in [5, 5.41) is 14.5. The zero-order valence-electron chi connectivity index (χ0n) is 26.3. The Labute approximate surface area is 287 Å². The number of hydrogen-bond donors (Lipinski definition) is 1. The van der Waals surface area contributed by atoms with Crippen molar-refractivity contribution in [1.82, 2.24) is 4.98 Å². The van der Waals surface area contributed by atoms with Crippen LogP contribution in [0.1, 0.15) is 33.3 Å². The molecular formula is C40H35IrN2O2S-. The number of hydrogen-bond acceptors (Lipinski definition) is 4. The van der Waals surface area contributed by atoms with E-state index in [1.54, 1.807) is 11.3 Å². The average molecular weight is 800 g/mol. The molecule has 3 heterocycles. The van der Waals surface area contributed by atoms with Gasteiger partial charge in [-0.05, 0) is 76.4 Å². The summed E-state index contributed by atoms with van der Waals surface area (Å²) in [4.78, 5) is 15.8. The summed E-state index contributed by atoms with van der Waals surface area (Å²) >= 11 is 1.75. The number of carbonyl (C=O) groups excluding carboxylic acids is 1. The SMILES string of the molecule is CC(=O)/C=C(/C)O.[CH2-][n+]1c(-c2[c-]c(CC(C)C)cc3c2sc2ncccc23)cc(-c2ccccc2)c2c3ccccc3ccc21.[Ir]. The number of pyridine rings is 2. The predicted molar refractivity (Wildman–Crippen MR) is 188 cm³/mol. The molecule has 0 saturated carbocycles. The molecule has 0 fully saturated rings. The number of rotatable bonds is 5. The minimum Gasteiger partial charge on any atom is -0.512 e.